The van der Waals surface area contributed by atoms with Gasteiger partial charge in [0.15, 0.2) is 5.82 Å². The van der Waals surface area contributed by atoms with Crippen molar-refractivity contribution in [2.24, 2.45) is 0 Å². The minimum Gasteiger partial charge on any atom is -0.366 e. The molecule has 0 N–H and O–H groups in total. The number of aryl methyl sites for hydroxylation is 1. The second-order valence-electron chi connectivity index (χ2n) is 5.36. The van der Waals surface area contributed by atoms with Crippen LogP contribution in [0.3, 0.4) is 0 Å². The van der Waals surface area contributed by atoms with E-state index in [9.17, 15) is 4.79 Å². The van der Waals surface area contributed by atoms with Crippen molar-refractivity contribution in [3.63, 3.8) is 0 Å². The first-order valence-corrected chi connectivity index (χ1v) is 7.14. The van der Waals surface area contributed by atoms with Gasteiger partial charge in [-0.05, 0) is 12.8 Å². The summed E-state index contributed by atoms with van der Waals surface area (Å²) >= 11 is 0. The molecule has 0 aliphatic carbocycles. The number of hydrogen-bond donors (Lipinski definition) is 0. The number of nitrogens with zero attached hydrogens (tertiary/aromatic N) is 4. The Hall–Kier alpha value is -1.47. The van der Waals surface area contributed by atoms with Crippen molar-refractivity contribution in [3.05, 3.63) is 11.7 Å². The average molecular weight is 280 g/mol. The Kier molecular flexibility index (Phi) is 3.98. The molecule has 3 rings (SSSR count). The summed E-state index contributed by atoms with van der Waals surface area (Å²) in [6.07, 6.45) is 1.85. The van der Waals surface area contributed by atoms with Crippen molar-refractivity contribution >= 4 is 5.91 Å². The molecule has 2 aliphatic heterocycles. The summed E-state index contributed by atoms with van der Waals surface area (Å²) in [7, 11) is 0. The second kappa shape index (κ2) is 5.88. The Labute approximate surface area is 117 Å². The minimum absolute atomic E-state index is 0.122. The van der Waals surface area contributed by atoms with Crippen molar-refractivity contribution in [1.29, 1.82) is 0 Å². The first kappa shape index (κ1) is 13.5. The Morgan fingerprint density at radius 1 is 1.35 bits per heavy atom. The van der Waals surface area contributed by atoms with Crippen molar-refractivity contribution in [2.45, 2.75) is 32.4 Å². The predicted octanol–water partition coefficient (Wildman–Crippen LogP) is 0.201. The van der Waals surface area contributed by atoms with Gasteiger partial charge in [-0.3, -0.25) is 9.69 Å². The molecule has 1 amide bonds. The van der Waals surface area contributed by atoms with Gasteiger partial charge < -0.3 is 14.2 Å². The van der Waals surface area contributed by atoms with Gasteiger partial charge in [-0.25, -0.2) is 0 Å². The van der Waals surface area contributed by atoms with Gasteiger partial charge in [-0.1, -0.05) is 5.16 Å². The standard InChI is InChI=1S/C13H20N4O3/c1-10-14-12(15-20-10)9-16-6-7-19-11(8-16)13(18)17-4-2-3-5-17/h11H,2-9H2,1H3. The quantitative estimate of drug-likeness (QED) is 0.787. The number of carbonyl (C=O) groups is 1. The highest BCUT2D eigenvalue weighted by molar-refractivity contribution is 5.81. The van der Waals surface area contributed by atoms with E-state index in [0.29, 0.717) is 31.4 Å². The van der Waals surface area contributed by atoms with Crippen LogP contribution in [0.4, 0.5) is 0 Å². The molecule has 2 saturated heterocycles. The Bertz CT molecular complexity index is 470. The monoisotopic (exact) mass is 280 g/mol. The fourth-order valence-corrected chi connectivity index (χ4v) is 2.74. The van der Waals surface area contributed by atoms with E-state index < -0.39 is 0 Å². The summed E-state index contributed by atoms with van der Waals surface area (Å²) in [5.74, 6) is 1.35. The van der Waals surface area contributed by atoms with Crippen LogP contribution in [0.15, 0.2) is 4.52 Å². The van der Waals surface area contributed by atoms with Crippen LogP contribution in [0.1, 0.15) is 24.6 Å². The maximum atomic E-state index is 12.3. The van der Waals surface area contributed by atoms with Gasteiger partial charge in [0, 0.05) is 33.1 Å². The average Bonchev–Trinajstić information content (AvgIpc) is 3.10. The molecule has 1 aromatic heterocycles. The zero-order valence-corrected chi connectivity index (χ0v) is 11.7. The van der Waals surface area contributed by atoms with E-state index in [1.807, 2.05) is 4.90 Å². The fourth-order valence-electron chi connectivity index (χ4n) is 2.74. The summed E-state index contributed by atoms with van der Waals surface area (Å²) in [6.45, 7) is 6.06. The van der Waals surface area contributed by atoms with Gasteiger partial charge in [0.25, 0.3) is 5.91 Å². The highest BCUT2D eigenvalue weighted by Gasteiger charge is 2.31. The summed E-state index contributed by atoms with van der Waals surface area (Å²) in [6, 6.07) is 0. The third kappa shape index (κ3) is 2.99. The minimum atomic E-state index is -0.352. The molecule has 7 nitrogen and oxygen atoms in total. The van der Waals surface area contributed by atoms with E-state index in [1.54, 1.807) is 6.92 Å². The molecule has 110 valence electrons. The van der Waals surface area contributed by atoms with Gasteiger partial charge in [-0.2, -0.15) is 4.98 Å². The van der Waals surface area contributed by atoms with Gasteiger partial charge in [0.05, 0.1) is 13.2 Å². The largest absolute Gasteiger partial charge is 0.366 e. The molecule has 1 unspecified atom stereocenters. The van der Waals surface area contributed by atoms with Gasteiger partial charge in [0.1, 0.15) is 6.10 Å². The molecule has 3 heterocycles. The van der Waals surface area contributed by atoms with E-state index in [1.165, 1.54) is 0 Å². The molecule has 0 spiro atoms. The van der Waals surface area contributed by atoms with Crippen molar-refractivity contribution in [3.8, 4) is 0 Å². The van der Waals surface area contributed by atoms with Crippen LogP contribution in [-0.2, 0) is 16.1 Å². The molecule has 2 fully saturated rings. The van der Waals surface area contributed by atoms with Crippen molar-refractivity contribution in [2.75, 3.05) is 32.8 Å². The topological polar surface area (TPSA) is 71.7 Å². The van der Waals surface area contributed by atoms with Crippen LogP contribution < -0.4 is 0 Å². The maximum Gasteiger partial charge on any atom is 0.253 e. The van der Waals surface area contributed by atoms with E-state index in [0.717, 1.165) is 32.5 Å². The van der Waals surface area contributed by atoms with Crippen molar-refractivity contribution < 1.29 is 14.1 Å². The van der Waals surface area contributed by atoms with Crippen LogP contribution in [0, 0.1) is 6.92 Å². The third-order valence-corrected chi connectivity index (χ3v) is 3.78. The molecule has 0 aromatic carbocycles. The molecular formula is C13H20N4O3. The number of aromatic nitrogens is 2. The highest BCUT2D eigenvalue weighted by Crippen LogP contribution is 2.15. The molecule has 0 radical (unpaired) electrons. The van der Waals surface area contributed by atoms with E-state index in [2.05, 4.69) is 15.0 Å². The first-order valence-electron chi connectivity index (χ1n) is 7.14. The normalized spacial score (nSPS) is 24.2. The SMILES string of the molecule is Cc1nc(CN2CCOC(C(=O)N3CCCC3)C2)no1. The molecule has 7 heteroatoms. The summed E-state index contributed by atoms with van der Waals surface area (Å²) in [5.41, 5.74) is 0. The van der Waals surface area contributed by atoms with Crippen LogP contribution in [-0.4, -0.2) is 64.7 Å². The Morgan fingerprint density at radius 3 is 2.85 bits per heavy atom. The zero-order chi connectivity index (χ0) is 13.9. The van der Waals surface area contributed by atoms with Crippen LogP contribution in [0.5, 0.6) is 0 Å². The lowest BCUT2D eigenvalue weighted by Crippen LogP contribution is -2.50. The number of carbonyl (C=O) groups excluding carboxylic acids is 1. The Morgan fingerprint density at radius 2 is 2.15 bits per heavy atom. The maximum absolute atomic E-state index is 12.3. The third-order valence-electron chi connectivity index (χ3n) is 3.78. The molecule has 20 heavy (non-hydrogen) atoms. The molecule has 0 saturated carbocycles. The predicted molar refractivity (Wildman–Crippen MR) is 69.9 cm³/mol. The van der Waals surface area contributed by atoms with Crippen LogP contribution >= 0.6 is 0 Å². The lowest BCUT2D eigenvalue weighted by Gasteiger charge is -2.33. The molecule has 0 bridgehead atoms. The number of likely N-dealkylation sites (tertiary alicyclic amines) is 1. The lowest BCUT2D eigenvalue weighted by molar-refractivity contribution is -0.148. The number of ether oxygens (including phenoxy) is 1. The number of amides is 1. The number of morpholine rings is 1. The molecule has 1 atom stereocenters. The van der Waals surface area contributed by atoms with E-state index >= 15 is 0 Å². The van der Waals surface area contributed by atoms with Gasteiger partial charge in [0.2, 0.25) is 5.89 Å². The number of hydrogen-bond acceptors (Lipinski definition) is 6. The zero-order valence-electron chi connectivity index (χ0n) is 11.7. The molecule has 1 aromatic rings. The fraction of sp³-hybridized carbons (Fsp3) is 0.769. The summed E-state index contributed by atoms with van der Waals surface area (Å²) in [4.78, 5) is 20.6. The van der Waals surface area contributed by atoms with E-state index in [4.69, 9.17) is 9.26 Å². The lowest BCUT2D eigenvalue weighted by atomic mass is 10.2. The summed E-state index contributed by atoms with van der Waals surface area (Å²) in [5, 5.41) is 3.89. The first-order chi connectivity index (χ1) is 9.72. The summed E-state index contributed by atoms with van der Waals surface area (Å²) < 4.78 is 10.6. The molecular weight excluding hydrogens is 260 g/mol. The number of rotatable bonds is 3. The van der Waals surface area contributed by atoms with Crippen molar-refractivity contribution in [1.82, 2.24) is 19.9 Å². The molecule has 2 aliphatic rings. The second-order valence-corrected chi connectivity index (χ2v) is 5.36. The van der Waals surface area contributed by atoms with Gasteiger partial charge >= 0.3 is 0 Å². The van der Waals surface area contributed by atoms with E-state index in [-0.39, 0.29) is 12.0 Å². The highest BCUT2D eigenvalue weighted by atomic mass is 16.5. The smallest absolute Gasteiger partial charge is 0.253 e. The van der Waals surface area contributed by atoms with Gasteiger partial charge in [-0.15, -0.1) is 0 Å². The van der Waals surface area contributed by atoms with Crippen LogP contribution in [0.25, 0.3) is 0 Å². The van der Waals surface area contributed by atoms with Crippen LogP contribution in [0.2, 0.25) is 0 Å². The Balaban J connectivity index is 1.57.